The highest BCUT2D eigenvalue weighted by molar-refractivity contribution is 5.88. The SMILES string of the molecule is C[C@@H]1CN([C@H]2COc3ccccc3[C@@H]2Nc2ncnc3[nH]c(C4CC4)cc23)CCO1. The van der Waals surface area contributed by atoms with E-state index in [0.717, 1.165) is 42.3 Å². The first-order valence-corrected chi connectivity index (χ1v) is 10.9. The van der Waals surface area contributed by atoms with Gasteiger partial charge in [0.15, 0.2) is 0 Å². The maximum Gasteiger partial charge on any atom is 0.143 e. The van der Waals surface area contributed by atoms with Crippen LogP contribution in [0.3, 0.4) is 0 Å². The van der Waals surface area contributed by atoms with E-state index in [1.807, 2.05) is 6.07 Å². The van der Waals surface area contributed by atoms with Crippen LogP contribution in [0.15, 0.2) is 36.7 Å². The van der Waals surface area contributed by atoms with Crippen molar-refractivity contribution in [3.05, 3.63) is 47.9 Å². The molecule has 4 heterocycles. The summed E-state index contributed by atoms with van der Waals surface area (Å²) in [7, 11) is 0. The van der Waals surface area contributed by atoms with Crippen molar-refractivity contribution in [3.63, 3.8) is 0 Å². The fourth-order valence-corrected chi connectivity index (χ4v) is 4.82. The number of benzene rings is 1. The molecule has 6 rings (SSSR count). The summed E-state index contributed by atoms with van der Waals surface area (Å²) in [6.45, 7) is 5.36. The Bertz CT molecular complexity index is 1060. The molecule has 3 atom stereocenters. The van der Waals surface area contributed by atoms with Gasteiger partial charge in [-0.3, -0.25) is 4.90 Å². The predicted octanol–water partition coefficient (Wildman–Crippen LogP) is 3.47. The molecule has 2 N–H and O–H groups in total. The summed E-state index contributed by atoms with van der Waals surface area (Å²) in [6.07, 6.45) is 4.39. The van der Waals surface area contributed by atoms with Crippen LogP contribution in [0.4, 0.5) is 5.82 Å². The van der Waals surface area contributed by atoms with Gasteiger partial charge in [-0.2, -0.15) is 0 Å². The number of nitrogens with zero attached hydrogens (tertiary/aromatic N) is 3. The van der Waals surface area contributed by atoms with Gasteiger partial charge in [-0.1, -0.05) is 18.2 Å². The van der Waals surface area contributed by atoms with Crippen molar-refractivity contribution in [3.8, 4) is 5.75 Å². The molecule has 0 bridgehead atoms. The van der Waals surface area contributed by atoms with Crippen LogP contribution >= 0.6 is 0 Å². The standard InChI is InChI=1S/C23H27N5O2/c1-14-11-28(8-9-29-14)19-12-30-20-5-3-2-4-16(20)21(19)27-23-17-10-18(15-6-7-15)26-22(17)24-13-25-23/h2-5,10,13-15,19,21H,6-9,11-12H2,1H3,(H2,24,25,26,27)/t14-,19+,21+/m1/s1. The van der Waals surface area contributed by atoms with Crippen LogP contribution in [-0.2, 0) is 4.74 Å². The Morgan fingerprint density at radius 1 is 1.20 bits per heavy atom. The minimum atomic E-state index is 0.0811. The van der Waals surface area contributed by atoms with E-state index >= 15 is 0 Å². The van der Waals surface area contributed by atoms with E-state index in [0.29, 0.717) is 12.5 Å². The summed E-state index contributed by atoms with van der Waals surface area (Å²) in [5.74, 6) is 2.49. The number of ether oxygens (including phenoxy) is 2. The van der Waals surface area contributed by atoms with Crippen molar-refractivity contribution in [1.29, 1.82) is 0 Å². The average Bonchev–Trinajstić information content (AvgIpc) is 3.53. The summed E-state index contributed by atoms with van der Waals surface area (Å²) < 4.78 is 11.9. The normalized spacial score (nSPS) is 26.9. The molecule has 0 amide bonds. The predicted molar refractivity (Wildman–Crippen MR) is 115 cm³/mol. The molecule has 1 saturated heterocycles. The van der Waals surface area contributed by atoms with E-state index in [1.54, 1.807) is 6.33 Å². The molecular formula is C23H27N5O2. The summed E-state index contributed by atoms with van der Waals surface area (Å²) >= 11 is 0. The Balaban J connectivity index is 1.38. The molecule has 0 radical (unpaired) electrons. The van der Waals surface area contributed by atoms with Crippen LogP contribution in [0.25, 0.3) is 11.0 Å². The summed E-state index contributed by atoms with van der Waals surface area (Å²) in [4.78, 5) is 15.1. The lowest BCUT2D eigenvalue weighted by Crippen LogP contribution is -2.54. The molecule has 1 saturated carbocycles. The third-order valence-electron chi connectivity index (χ3n) is 6.55. The Labute approximate surface area is 175 Å². The largest absolute Gasteiger partial charge is 0.491 e. The number of hydrogen-bond acceptors (Lipinski definition) is 6. The van der Waals surface area contributed by atoms with Crippen LogP contribution in [0, 0.1) is 0 Å². The van der Waals surface area contributed by atoms with Gasteiger partial charge in [0.25, 0.3) is 0 Å². The van der Waals surface area contributed by atoms with Gasteiger partial charge in [0.2, 0.25) is 0 Å². The van der Waals surface area contributed by atoms with E-state index in [4.69, 9.17) is 9.47 Å². The molecule has 156 valence electrons. The minimum Gasteiger partial charge on any atom is -0.491 e. The van der Waals surface area contributed by atoms with Crippen molar-refractivity contribution in [2.75, 3.05) is 31.6 Å². The molecule has 7 heteroatoms. The monoisotopic (exact) mass is 405 g/mol. The van der Waals surface area contributed by atoms with Crippen molar-refractivity contribution in [2.45, 2.75) is 43.9 Å². The first kappa shape index (κ1) is 18.2. The molecule has 1 aliphatic carbocycles. The number of para-hydroxylation sites is 1. The van der Waals surface area contributed by atoms with Gasteiger partial charge >= 0.3 is 0 Å². The van der Waals surface area contributed by atoms with Crippen LogP contribution in [0.2, 0.25) is 0 Å². The first-order chi connectivity index (χ1) is 14.8. The third-order valence-corrected chi connectivity index (χ3v) is 6.55. The van der Waals surface area contributed by atoms with Crippen LogP contribution in [-0.4, -0.2) is 58.3 Å². The number of rotatable bonds is 4. The molecule has 2 aromatic heterocycles. The number of aromatic amines is 1. The van der Waals surface area contributed by atoms with E-state index in [1.165, 1.54) is 24.1 Å². The highest BCUT2D eigenvalue weighted by Crippen LogP contribution is 2.42. The number of nitrogens with one attached hydrogen (secondary N) is 2. The number of fused-ring (bicyclic) bond motifs is 2. The van der Waals surface area contributed by atoms with Gasteiger partial charge in [0, 0.05) is 24.3 Å². The third kappa shape index (κ3) is 3.22. The second-order valence-corrected chi connectivity index (χ2v) is 8.70. The second-order valence-electron chi connectivity index (χ2n) is 8.70. The number of anilines is 1. The van der Waals surface area contributed by atoms with Gasteiger partial charge in [-0.15, -0.1) is 0 Å². The van der Waals surface area contributed by atoms with Crippen LogP contribution in [0.5, 0.6) is 5.75 Å². The van der Waals surface area contributed by atoms with Gasteiger partial charge in [-0.05, 0) is 37.8 Å². The van der Waals surface area contributed by atoms with Gasteiger partial charge in [-0.25, -0.2) is 9.97 Å². The lowest BCUT2D eigenvalue weighted by Gasteiger charge is -2.43. The lowest BCUT2D eigenvalue weighted by atomic mass is 9.94. The smallest absolute Gasteiger partial charge is 0.143 e. The quantitative estimate of drug-likeness (QED) is 0.692. The fraction of sp³-hybridized carbons (Fsp3) is 0.478. The maximum atomic E-state index is 6.16. The van der Waals surface area contributed by atoms with E-state index in [9.17, 15) is 0 Å². The maximum absolute atomic E-state index is 6.16. The zero-order chi connectivity index (χ0) is 20.1. The number of hydrogen-bond donors (Lipinski definition) is 2. The minimum absolute atomic E-state index is 0.0811. The van der Waals surface area contributed by atoms with Crippen LogP contribution < -0.4 is 10.1 Å². The molecule has 3 aliphatic rings. The summed E-state index contributed by atoms with van der Waals surface area (Å²) in [6, 6.07) is 10.8. The first-order valence-electron chi connectivity index (χ1n) is 10.9. The molecule has 0 unspecified atom stereocenters. The number of morpholine rings is 1. The van der Waals surface area contributed by atoms with Crippen molar-refractivity contribution in [2.24, 2.45) is 0 Å². The molecule has 3 aromatic rings. The molecule has 2 aliphatic heterocycles. The summed E-state index contributed by atoms with van der Waals surface area (Å²) in [5.41, 5.74) is 3.36. The van der Waals surface area contributed by atoms with E-state index in [2.05, 4.69) is 56.4 Å². The Hall–Kier alpha value is -2.64. The number of H-pyrrole nitrogens is 1. The summed E-state index contributed by atoms with van der Waals surface area (Å²) in [5, 5.41) is 4.85. The van der Waals surface area contributed by atoms with Crippen molar-refractivity contribution in [1.82, 2.24) is 19.9 Å². The zero-order valence-corrected chi connectivity index (χ0v) is 17.2. The van der Waals surface area contributed by atoms with Crippen molar-refractivity contribution < 1.29 is 9.47 Å². The molecule has 7 nitrogen and oxygen atoms in total. The molecular weight excluding hydrogens is 378 g/mol. The van der Waals surface area contributed by atoms with Crippen molar-refractivity contribution >= 4 is 16.9 Å². The molecule has 0 spiro atoms. The molecule has 1 aromatic carbocycles. The highest BCUT2D eigenvalue weighted by Gasteiger charge is 2.37. The lowest BCUT2D eigenvalue weighted by molar-refractivity contribution is -0.0465. The zero-order valence-electron chi connectivity index (χ0n) is 17.2. The second kappa shape index (κ2) is 7.25. The van der Waals surface area contributed by atoms with E-state index < -0.39 is 0 Å². The van der Waals surface area contributed by atoms with Gasteiger partial charge in [0.1, 0.15) is 30.1 Å². The topological polar surface area (TPSA) is 75.3 Å². The fourth-order valence-electron chi connectivity index (χ4n) is 4.82. The Morgan fingerprint density at radius 3 is 2.97 bits per heavy atom. The highest BCUT2D eigenvalue weighted by atomic mass is 16.5. The van der Waals surface area contributed by atoms with Crippen LogP contribution in [0.1, 0.15) is 43.0 Å². The Morgan fingerprint density at radius 2 is 2.10 bits per heavy atom. The average molecular weight is 406 g/mol. The van der Waals surface area contributed by atoms with Gasteiger partial charge in [0.05, 0.1) is 30.2 Å². The van der Waals surface area contributed by atoms with Gasteiger partial charge < -0.3 is 19.8 Å². The van der Waals surface area contributed by atoms with E-state index in [-0.39, 0.29) is 18.2 Å². The molecule has 30 heavy (non-hydrogen) atoms. The Kier molecular flexibility index (Phi) is 4.39. The number of aromatic nitrogens is 3. The molecule has 2 fully saturated rings.